The molecule has 0 aliphatic carbocycles. The predicted molar refractivity (Wildman–Crippen MR) is 85.3 cm³/mol. The van der Waals surface area contributed by atoms with E-state index in [-0.39, 0.29) is 0 Å². The van der Waals surface area contributed by atoms with Gasteiger partial charge in [0.25, 0.3) is 0 Å². The van der Waals surface area contributed by atoms with E-state index < -0.39 is 0 Å². The van der Waals surface area contributed by atoms with Gasteiger partial charge in [0.15, 0.2) is 0 Å². The van der Waals surface area contributed by atoms with E-state index in [0.29, 0.717) is 18.6 Å². The summed E-state index contributed by atoms with van der Waals surface area (Å²) in [5.41, 5.74) is 1.31. The average Bonchev–Trinajstić information content (AvgIpc) is 2.96. The van der Waals surface area contributed by atoms with Gasteiger partial charge in [-0.2, -0.15) is 0 Å². The maximum atomic E-state index is 5.59. The van der Waals surface area contributed by atoms with Crippen LogP contribution in [0.2, 0.25) is 0 Å². The van der Waals surface area contributed by atoms with E-state index in [1.165, 1.54) is 5.56 Å². The van der Waals surface area contributed by atoms with Crippen LogP contribution in [0.3, 0.4) is 0 Å². The highest BCUT2D eigenvalue weighted by atomic mass is 79.9. The van der Waals surface area contributed by atoms with Crippen LogP contribution < -0.4 is 10.1 Å². The van der Waals surface area contributed by atoms with Crippen molar-refractivity contribution in [1.29, 1.82) is 0 Å². The van der Waals surface area contributed by atoms with Crippen molar-refractivity contribution in [1.82, 2.24) is 5.32 Å². The Bertz CT molecular complexity index is 419. The van der Waals surface area contributed by atoms with E-state index in [2.05, 4.69) is 46.4 Å². The van der Waals surface area contributed by atoms with Crippen molar-refractivity contribution >= 4 is 15.9 Å². The Morgan fingerprint density at radius 1 is 1.45 bits per heavy atom. The summed E-state index contributed by atoms with van der Waals surface area (Å²) in [7, 11) is 0. The van der Waals surface area contributed by atoms with Crippen molar-refractivity contribution < 1.29 is 9.47 Å². The molecule has 0 spiro atoms. The Kier molecular flexibility index (Phi) is 6.33. The number of hydrogen-bond acceptors (Lipinski definition) is 3. The molecule has 2 atom stereocenters. The zero-order chi connectivity index (χ0) is 14.4. The molecular weight excluding hydrogens is 318 g/mol. The predicted octanol–water partition coefficient (Wildman–Crippen LogP) is 3.93. The smallest absolute Gasteiger partial charge is 0.133 e. The van der Waals surface area contributed by atoms with Crippen molar-refractivity contribution in [2.24, 2.45) is 5.92 Å². The quantitative estimate of drug-likeness (QED) is 0.815. The Morgan fingerprint density at radius 3 is 2.90 bits per heavy atom. The lowest BCUT2D eigenvalue weighted by molar-refractivity contribution is 0.176. The maximum absolute atomic E-state index is 5.59. The third-order valence-electron chi connectivity index (χ3n) is 3.67. The molecule has 1 aliphatic rings. The van der Waals surface area contributed by atoms with Crippen LogP contribution in [0.1, 0.15) is 38.3 Å². The van der Waals surface area contributed by atoms with Gasteiger partial charge in [-0.05, 0) is 59.9 Å². The molecule has 1 heterocycles. The fourth-order valence-corrected chi connectivity index (χ4v) is 3.17. The zero-order valence-electron chi connectivity index (χ0n) is 12.3. The van der Waals surface area contributed by atoms with Crippen molar-refractivity contribution in [2.45, 2.75) is 32.7 Å². The standard InChI is InChI=1S/C16H24BrNO2/c1-3-8-18-16(13-7-9-19-11-13)12-5-6-15(20-4-2)14(17)10-12/h5-6,10,13,16,18H,3-4,7-9,11H2,1-2H3. The number of rotatable bonds is 7. The molecule has 0 saturated carbocycles. The molecule has 0 bridgehead atoms. The summed E-state index contributed by atoms with van der Waals surface area (Å²) in [5, 5.41) is 3.66. The molecule has 112 valence electrons. The molecule has 4 heteroatoms. The summed E-state index contributed by atoms with van der Waals surface area (Å²) >= 11 is 3.61. The normalized spacial score (nSPS) is 20.1. The van der Waals surface area contributed by atoms with Crippen molar-refractivity contribution in [3.05, 3.63) is 28.2 Å². The first-order chi connectivity index (χ1) is 9.76. The number of ether oxygens (including phenoxy) is 2. The van der Waals surface area contributed by atoms with Crippen LogP contribution in [0.15, 0.2) is 22.7 Å². The van der Waals surface area contributed by atoms with Gasteiger partial charge in [0.05, 0.1) is 17.7 Å². The fraction of sp³-hybridized carbons (Fsp3) is 0.625. The van der Waals surface area contributed by atoms with Gasteiger partial charge in [0.2, 0.25) is 0 Å². The van der Waals surface area contributed by atoms with Crippen LogP contribution in [0.4, 0.5) is 0 Å². The van der Waals surface area contributed by atoms with Crippen LogP contribution in [0.25, 0.3) is 0 Å². The van der Waals surface area contributed by atoms with Gasteiger partial charge in [-0.3, -0.25) is 0 Å². The molecule has 1 N–H and O–H groups in total. The first-order valence-corrected chi connectivity index (χ1v) is 8.29. The molecule has 0 aromatic heterocycles. The Labute approximate surface area is 130 Å². The number of nitrogens with one attached hydrogen (secondary N) is 1. The second-order valence-corrected chi connectivity index (χ2v) is 6.03. The monoisotopic (exact) mass is 341 g/mol. The minimum atomic E-state index is 0.365. The van der Waals surface area contributed by atoms with E-state index in [0.717, 1.165) is 42.8 Å². The molecule has 20 heavy (non-hydrogen) atoms. The SMILES string of the molecule is CCCNC(c1ccc(OCC)c(Br)c1)C1CCOC1. The lowest BCUT2D eigenvalue weighted by Crippen LogP contribution is -2.29. The van der Waals surface area contributed by atoms with Crippen molar-refractivity contribution in [3.63, 3.8) is 0 Å². The number of hydrogen-bond donors (Lipinski definition) is 1. The highest BCUT2D eigenvalue weighted by molar-refractivity contribution is 9.10. The summed E-state index contributed by atoms with van der Waals surface area (Å²) in [6.07, 6.45) is 2.27. The maximum Gasteiger partial charge on any atom is 0.133 e. The summed E-state index contributed by atoms with van der Waals surface area (Å²) in [5.74, 6) is 1.47. The van der Waals surface area contributed by atoms with Gasteiger partial charge in [-0.25, -0.2) is 0 Å². The molecule has 1 saturated heterocycles. The largest absolute Gasteiger partial charge is 0.493 e. The van der Waals surface area contributed by atoms with Crippen LogP contribution in [-0.4, -0.2) is 26.4 Å². The molecule has 1 aromatic carbocycles. The third-order valence-corrected chi connectivity index (χ3v) is 4.29. The summed E-state index contributed by atoms with van der Waals surface area (Å²) in [6, 6.07) is 6.77. The van der Waals surface area contributed by atoms with E-state index >= 15 is 0 Å². The molecule has 2 unspecified atom stereocenters. The highest BCUT2D eigenvalue weighted by Gasteiger charge is 2.27. The minimum absolute atomic E-state index is 0.365. The molecule has 3 nitrogen and oxygen atoms in total. The van der Waals surface area contributed by atoms with E-state index in [9.17, 15) is 0 Å². The summed E-state index contributed by atoms with van der Waals surface area (Å²) in [6.45, 7) is 7.66. The molecule has 2 rings (SSSR count). The van der Waals surface area contributed by atoms with Crippen LogP contribution in [0.5, 0.6) is 5.75 Å². The van der Waals surface area contributed by atoms with Crippen LogP contribution >= 0.6 is 15.9 Å². The highest BCUT2D eigenvalue weighted by Crippen LogP contribution is 2.33. The lowest BCUT2D eigenvalue weighted by Gasteiger charge is -2.25. The first-order valence-electron chi connectivity index (χ1n) is 7.49. The topological polar surface area (TPSA) is 30.5 Å². The van der Waals surface area contributed by atoms with Gasteiger partial charge < -0.3 is 14.8 Å². The summed E-state index contributed by atoms with van der Waals surface area (Å²) < 4.78 is 12.2. The van der Waals surface area contributed by atoms with E-state index in [4.69, 9.17) is 9.47 Å². The first kappa shape index (κ1) is 15.8. The molecule has 1 aromatic rings. The van der Waals surface area contributed by atoms with Crippen molar-refractivity contribution in [2.75, 3.05) is 26.4 Å². The molecule has 1 fully saturated rings. The Balaban J connectivity index is 2.16. The van der Waals surface area contributed by atoms with Gasteiger partial charge in [-0.1, -0.05) is 13.0 Å². The van der Waals surface area contributed by atoms with E-state index in [1.54, 1.807) is 0 Å². The van der Waals surface area contributed by atoms with Crippen molar-refractivity contribution in [3.8, 4) is 5.75 Å². The van der Waals surface area contributed by atoms with Crippen LogP contribution in [-0.2, 0) is 4.74 Å². The molecule has 0 amide bonds. The van der Waals surface area contributed by atoms with Gasteiger partial charge >= 0.3 is 0 Å². The molecule has 1 aliphatic heterocycles. The van der Waals surface area contributed by atoms with E-state index in [1.807, 2.05) is 6.92 Å². The second kappa shape index (κ2) is 8.01. The lowest BCUT2D eigenvalue weighted by atomic mass is 9.92. The third kappa shape index (κ3) is 3.96. The Hall–Kier alpha value is -0.580. The van der Waals surface area contributed by atoms with Gasteiger partial charge in [0, 0.05) is 18.6 Å². The van der Waals surface area contributed by atoms with Crippen LogP contribution in [0, 0.1) is 5.92 Å². The fourth-order valence-electron chi connectivity index (χ4n) is 2.66. The second-order valence-electron chi connectivity index (χ2n) is 5.18. The molecule has 0 radical (unpaired) electrons. The van der Waals surface area contributed by atoms with Gasteiger partial charge in [-0.15, -0.1) is 0 Å². The van der Waals surface area contributed by atoms with Gasteiger partial charge in [0.1, 0.15) is 5.75 Å². The summed E-state index contributed by atoms with van der Waals surface area (Å²) in [4.78, 5) is 0. The Morgan fingerprint density at radius 2 is 2.30 bits per heavy atom. The number of benzene rings is 1. The minimum Gasteiger partial charge on any atom is -0.493 e. The number of halogens is 1. The molecular formula is C16H24BrNO2. The zero-order valence-corrected chi connectivity index (χ0v) is 13.9. The average molecular weight is 342 g/mol.